The maximum Gasteiger partial charge on any atom is 0.159 e. The van der Waals surface area contributed by atoms with E-state index in [4.69, 9.17) is 0 Å². The fraction of sp³-hybridized carbons (Fsp3) is 0.200. The molecule has 0 saturated carbocycles. The van der Waals surface area contributed by atoms with Gasteiger partial charge in [-0.1, -0.05) is 18.2 Å². The molecule has 1 aromatic rings. The van der Waals surface area contributed by atoms with Crippen LogP contribution in [0.2, 0.25) is 0 Å². The van der Waals surface area contributed by atoms with Crippen LogP contribution in [-0.4, -0.2) is 13.6 Å². The second-order valence-corrected chi connectivity index (χ2v) is 2.63. The van der Waals surface area contributed by atoms with E-state index in [1.807, 2.05) is 13.1 Å². The van der Waals surface area contributed by atoms with Crippen molar-refractivity contribution in [3.63, 3.8) is 0 Å². The Balaban J connectivity index is 2.73. The molecule has 0 aliphatic carbocycles. The van der Waals surface area contributed by atoms with Gasteiger partial charge in [0, 0.05) is 6.54 Å². The van der Waals surface area contributed by atoms with Gasteiger partial charge in [0.25, 0.3) is 0 Å². The van der Waals surface area contributed by atoms with Gasteiger partial charge in [0.1, 0.15) is 0 Å². The van der Waals surface area contributed by atoms with Crippen LogP contribution in [0.4, 0.5) is 8.78 Å². The number of rotatable bonds is 3. The van der Waals surface area contributed by atoms with E-state index >= 15 is 0 Å². The van der Waals surface area contributed by atoms with Crippen molar-refractivity contribution < 1.29 is 8.78 Å². The lowest BCUT2D eigenvalue weighted by molar-refractivity contribution is 0.508. The molecule has 0 bridgehead atoms. The van der Waals surface area contributed by atoms with Crippen molar-refractivity contribution in [2.45, 2.75) is 0 Å². The summed E-state index contributed by atoms with van der Waals surface area (Å²) in [6.45, 7) is 0.707. The van der Waals surface area contributed by atoms with E-state index in [9.17, 15) is 8.78 Å². The first-order chi connectivity index (χ1) is 6.24. The molecule has 0 atom stereocenters. The summed E-state index contributed by atoms with van der Waals surface area (Å²) in [4.78, 5) is 0. The van der Waals surface area contributed by atoms with Crippen LogP contribution in [0.1, 0.15) is 5.56 Å². The van der Waals surface area contributed by atoms with Crippen molar-refractivity contribution in [1.82, 2.24) is 5.32 Å². The minimum atomic E-state index is -0.814. The molecular formula is C10H11F2N. The zero-order chi connectivity index (χ0) is 9.68. The Morgan fingerprint density at radius 2 is 2.08 bits per heavy atom. The Bertz CT molecular complexity index is 308. The van der Waals surface area contributed by atoms with Crippen molar-refractivity contribution in [2.75, 3.05) is 13.6 Å². The summed E-state index contributed by atoms with van der Waals surface area (Å²) < 4.78 is 25.1. The Labute approximate surface area is 76.1 Å². The fourth-order valence-corrected chi connectivity index (χ4v) is 0.929. The van der Waals surface area contributed by atoms with Crippen LogP contribution in [0.5, 0.6) is 0 Å². The molecule has 0 spiro atoms. The van der Waals surface area contributed by atoms with Crippen molar-refractivity contribution in [3.8, 4) is 0 Å². The SMILES string of the molecule is CNC/C=C/c1ccc(F)c(F)c1. The summed E-state index contributed by atoms with van der Waals surface area (Å²) in [6.07, 6.45) is 3.58. The van der Waals surface area contributed by atoms with Crippen LogP contribution >= 0.6 is 0 Å². The van der Waals surface area contributed by atoms with Gasteiger partial charge in [-0.05, 0) is 24.7 Å². The molecular weight excluding hydrogens is 172 g/mol. The first-order valence-corrected chi connectivity index (χ1v) is 4.00. The Hall–Kier alpha value is -1.22. The Kier molecular flexibility index (Phi) is 3.58. The first-order valence-electron chi connectivity index (χ1n) is 4.00. The van der Waals surface area contributed by atoms with Crippen LogP contribution in [0, 0.1) is 11.6 Å². The highest BCUT2D eigenvalue weighted by Gasteiger charge is 1.99. The molecule has 0 heterocycles. The molecule has 0 saturated heterocycles. The monoisotopic (exact) mass is 183 g/mol. The van der Waals surface area contributed by atoms with Crippen LogP contribution in [-0.2, 0) is 0 Å². The van der Waals surface area contributed by atoms with Gasteiger partial charge in [-0.15, -0.1) is 0 Å². The molecule has 1 N–H and O–H groups in total. The van der Waals surface area contributed by atoms with E-state index in [2.05, 4.69) is 5.32 Å². The molecule has 0 radical (unpaired) electrons. The molecule has 3 heteroatoms. The maximum atomic E-state index is 12.7. The Morgan fingerprint density at radius 3 is 2.69 bits per heavy atom. The molecule has 0 aliphatic heterocycles. The van der Waals surface area contributed by atoms with Crippen molar-refractivity contribution >= 4 is 6.08 Å². The average molecular weight is 183 g/mol. The minimum Gasteiger partial charge on any atom is -0.316 e. The highest BCUT2D eigenvalue weighted by Crippen LogP contribution is 2.09. The summed E-state index contributed by atoms with van der Waals surface area (Å²) in [5.41, 5.74) is 0.661. The second kappa shape index (κ2) is 4.72. The predicted octanol–water partition coefficient (Wildman–Crippen LogP) is 2.20. The van der Waals surface area contributed by atoms with Gasteiger partial charge in [0.05, 0.1) is 0 Å². The quantitative estimate of drug-likeness (QED) is 0.757. The fourth-order valence-electron chi connectivity index (χ4n) is 0.929. The largest absolute Gasteiger partial charge is 0.316 e. The van der Waals surface area contributed by atoms with Crippen molar-refractivity contribution in [3.05, 3.63) is 41.5 Å². The molecule has 70 valence electrons. The van der Waals surface area contributed by atoms with Crippen LogP contribution in [0.3, 0.4) is 0 Å². The summed E-state index contributed by atoms with van der Waals surface area (Å²) in [6, 6.07) is 3.82. The third-order valence-electron chi connectivity index (χ3n) is 1.58. The lowest BCUT2D eigenvalue weighted by Gasteiger charge is -1.95. The van der Waals surface area contributed by atoms with Crippen molar-refractivity contribution in [2.24, 2.45) is 0 Å². The molecule has 1 nitrogen and oxygen atoms in total. The van der Waals surface area contributed by atoms with E-state index in [1.54, 1.807) is 6.08 Å². The highest BCUT2D eigenvalue weighted by atomic mass is 19.2. The van der Waals surface area contributed by atoms with E-state index in [0.717, 1.165) is 6.07 Å². The van der Waals surface area contributed by atoms with Gasteiger partial charge in [-0.25, -0.2) is 8.78 Å². The highest BCUT2D eigenvalue weighted by molar-refractivity contribution is 5.49. The maximum absolute atomic E-state index is 12.7. The van der Waals surface area contributed by atoms with E-state index in [-0.39, 0.29) is 0 Å². The number of nitrogens with one attached hydrogen (secondary N) is 1. The summed E-state index contributed by atoms with van der Waals surface area (Å²) >= 11 is 0. The molecule has 0 unspecified atom stereocenters. The summed E-state index contributed by atoms with van der Waals surface area (Å²) in [7, 11) is 1.82. The third kappa shape index (κ3) is 2.95. The van der Waals surface area contributed by atoms with Gasteiger partial charge >= 0.3 is 0 Å². The van der Waals surface area contributed by atoms with Crippen molar-refractivity contribution in [1.29, 1.82) is 0 Å². The molecule has 13 heavy (non-hydrogen) atoms. The number of benzene rings is 1. The zero-order valence-electron chi connectivity index (χ0n) is 7.35. The predicted molar refractivity (Wildman–Crippen MR) is 49.3 cm³/mol. The van der Waals surface area contributed by atoms with Gasteiger partial charge < -0.3 is 5.32 Å². The molecule has 0 aromatic heterocycles. The average Bonchev–Trinajstić information content (AvgIpc) is 2.12. The summed E-state index contributed by atoms with van der Waals surface area (Å²) in [5, 5.41) is 2.91. The topological polar surface area (TPSA) is 12.0 Å². The lowest BCUT2D eigenvalue weighted by atomic mass is 10.2. The third-order valence-corrected chi connectivity index (χ3v) is 1.58. The lowest BCUT2D eigenvalue weighted by Crippen LogP contribution is -2.03. The van der Waals surface area contributed by atoms with Crippen LogP contribution < -0.4 is 5.32 Å². The van der Waals surface area contributed by atoms with Gasteiger partial charge in [-0.2, -0.15) is 0 Å². The molecule has 1 rings (SSSR count). The van der Waals surface area contributed by atoms with Crippen LogP contribution in [0.15, 0.2) is 24.3 Å². The minimum absolute atomic E-state index is 0.661. The van der Waals surface area contributed by atoms with Crippen LogP contribution in [0.25, 0.3) is 6.08 Å². The smallest absolute Gasteiger partial charge is 0.159 e. The summed E-state index contributed by atoms with van der Waals surface area (Å²) in [5.74, 6) is -1.63. The second-order valence-electron chi connectivity index (χ2n) is 2.63. The Morgan fingerprint density at radius 1 is 1.31 bits per heavy atom. The van der Waals surface area contributed by atoms with Gasteiger partial charge in [0.2, 0.25) is 0 Å². The number of halogens is 2. The molecule has 1 aromatic carbocycles. The van der Waals surface area contributed by atoms with E-state index in [0.29, 0.717) is 12.1 Å². The van der Waals surface area contributed by atoms with Gasteiger partial charge in [-0.3, -0.25) is 0 Å². The number of hydrogen-bond donors (Lipinski definition) is 1. The number of hydrogen-bond acceptors (Lipinski definition) is 1. The zero-order valence-corrected chi connectivity index (χ0v) is 7.35. The standard InChI is InChI=1S/C10H11F2N/c1-13-6-2-3-8-4-5-9(11)10(12)7-8/h2-5,7,13H,6H2,1H3/b3-2+. The molecule has 0 aliphatic rings. The molecule has 0 fully saturated rings. The normalized spacial score (nSPS) is 11.0. The number of likely N-dealkylation sites (N-methyl/N-ethyl adjacent to an activating group) is 1. The van der Waals surface area contributed by atoms with Gasteiger partial charge in [0.15, 0.2) is 11.6 Å². The van der Waals surface area contributed by atoms with E-state index in [1.165, 1.54) is 12.1 Å². The first kappa shape index (κ1) is 9.86. The molecule has 0 amide bonds. The van der Waals surface area contributed by atoms with E-state index < -0.39 is 11.6 Å².